The molecule has 5 nitrogen and oxygen atoms in total. The predicted octanol–water partition coefficient (Wildman–Crippen LogP) is 1.70. The molecule has 1 rings (SSSR count). The van der Waals surface area contributed by atoms with Gasteiger partial charge in [0.05, 0.1) is 13.3 Å². The Bertz CT molecular complexity index is 483. The van der Waals surface area contributed by atoms with Crippen molar-refractivity contribution in [1.29, 1.82) is 0 Å². The Hall–Kier alpha value is -1.43. The van der Waals surface area contributed by atoms with Crippen LogP contribution >= 0.6 is 11.8 Å². The van der Waals surface area contributed by atoms with Gasteiger partial charge < -0.3 is 14.4 Å². The molecule has 0 amide bonds. The molecule has 0 aliphatic rings. The lowest BCUT2D eigenvalue weighted by atomic mass is 10.2. The molecule has 1 aromatic rings. The maximum atomic E-state index is 11.5. The molecular weight excluding hydrogens is 254 g/mol. The normalized spacial score (nSPS) is 12.2. The van der Waals surface area contributed by atoms with Crippen molar-refractivity contribution in [1.82, 2.24) is 4.57 Å². The summed E-state index contributed by atoms with van der Waals surface area (Å²) in [5.41, 5.74) is -0.418. The second-order valence-corrected chi connectivity index (χ2v) is 5.20. The van der Waals surface area contributed by atoms with E-state index in [-0.39, 0.29) is 11.4 Å². The van der Waals surface area contributed by atoms with Gasteiger partial charge in [-0.3, -0.25) is 4.79 Å². The van der Waals surface area contributed by atoms with E-state index < -0.39 is 11.4 Å². The van der Waals surface area contributed by atoms with Gasteiger partial charge in [-0.05, 0) is 12.7 Å². The Morgan fingerprint density at radius 3 is 2.78 bits per heavy atom. The maximum absolute atomic E-state index is 11.5. The average Bonchev–Trinajstić information content (AvgIpc) is 2.36. The summed E-state index contributed by atoms with van der Waals surface area (Å²) in [6, 6.07) is 1.10. The van der Waals surface area contributed by atoms with E-state index in [1.54, 1.807) is 16.3 Å². The molecule has 18 heavy (non-hydrogen) atoms. The van der Waals surface area contributed by atoms with E-state index in [2.05, 4.69) is 6.92 Å². The molecule has 0 fully saturated rings. The maximum Gasteiger partial charge on any atom is 0.352 e. The smallest absolute Gasteiger partial charge is 0.352 e. The minimum Gasteiger partial charge on any atom is -0.491 e. The van der Waals surface area contributed by atoms with Crippen LogP contribution in [0.2, 0.25) is 0 Å². The summed E-state index contributed by atoms with van der Waals surface area (Å²) in [6.07, 6.45) is 4.29. The largest absolute Gasteiger partial charge is 0.491 e. The van der Waals surface area contributed by atoms with Crippen molar-refractivity contribution in [2.24, 2.45) is 0 Å². The Labute approximate surface area is 110 Å². The van der Waals surface area contributed by atoms with Gasteiger partial charge in [0.1, 0.15) is 5.69 Å². The van der Waals surface area contributed by atoms with Gasteiger partial charge in [-0.25, -0.2) is 4.79 Å². The van der Waals surface area contributed by atoms with Gasteiger partial charge in [0.2, 0.25) is 5.43 Å². The van der Waals surface area contributed by atoms with Crippen LogP contribution in [0.5, 0.6) is 5.75 Å². The van der Waals surface area contributed by atoms with Gasteiger partial charge in [0.25, 0.3) is 0 Å². The summed E-state index contributed by atoms with van der Waals surface area (Å²) in [4.78, 5) is 22.6. The number of pyridine rings is 1. The second-order valence-electron chi connectivity index (χ2n) is 3.92. The second kappa shape index (κ2) is 6.49. The van der Waals surface area contributed by atoms with E-state index in [0.717, 1.165) is 12.5 Å². The average molecular weight is 271 g/mol. The number of aromatic nitrogens is 1. The fraction of sp³-hybridized carbons (Fsp3) is 0.500. The highest BCUT2D eigenvalue weighted by Gasteiger charge is 2.13. The van der Waals surface area contributed by atoms with Crippen molar-refractivity contribution in [3.63, 3.8) is 0 Å². The van der Waals surface area contributed by atoms with Crippen molar-refractivity contribution in [3.05, 3.63) is 28.2 Å². The summed E-state index contributed by atoms with van der Waals surface area (Å²) in [7, 11) is 1.39. The van der Waals surface area contributed by atoms with Crippen LogP contribution in [0.4, 0.5) is 0 Å². The molecule has 6 heteroatoms. The molecule has 1 heterocycles. The monoisotopic (exact) mass is 271 g/mol. The van der Waals surface area contributed by atoms with E-state index in [9.17, 15) is 9.59 Å². The highest BCUT2D eigenvalue weighted by Crippen LogP contribution is 2.13. The summed E-state index contributed by atoms with van der Waals surface area (Å²) in [5, 5.41) is 9.50. The van der Waals surface area contributed by atoms with E-state index in [1.165, 1.54) is 13.3 Å². The Kier molecular flexibility index (Phi) is 5.27. The predicted molar refractivity (Wildman–Crippen MR) is 71.8 cm³/mol. The fourth-order valence-electron chi connectivity index (χ4n) is 1.51. The molecule has 1 N–H and O–H groups in total. The van der Waals surface area contributed by atoms with Crippen LogP contribution in [0.15, 0.2) is 17.1 Å². The highest BCUT2D eigenvalue weighted by molar-refractivity contribution is 7.99. The van der Waals surface area contributed by atoms with Crippen molar-refractivity contribution < 1.29 is 14.6 Å². The molecule has 100 valence electrons. The highest BCUT2D eigenvalue weighted by atomic mass is 32.2. The van der Waals surface area contributed by atoms with E-state index >= 15 is 0 Å². The Balaban J connectivity index is 3.06. The van der Waals surface area contributed by atoms with Crippen LogP contribution in [0.1, 0.15) is 23.8 Å². The van der Waals surface area contributed by atoms with Crippen molar-refractivity contribution in [2.75, 3.05) is 13.4 Å². The molecule has 0 saturated carbocycles. The molecule has 0 aliphatic heterocycles. The number of carboxylic acids is 1. The minimum atomic E-state index is -1.11. The van der Waals surface area contributed by atoms with Crippen LogP contribution in [0, 0.1) is 0 Å². The molecule has 1 aromatic heterocycles. The van der Waals surface area contributed by atoms with Crippen LogP contribution in [-0.2, 0) is 6.54 Å². The van der Waals surface area contributed by atoms with Crippen LogP contribution < -0.4 is 10.2 Å². The molecule has 0 bridgehead atoms. The quantitative estimate of drug-likeness (QED) is 0.852. The van der Waals surface area contributed by atoms with E-state index in [0.29, 0.717) is 11.8 Å². The number of hydrogen-bond donors (Lipinski definition) is 1. The fourth-order valence-corrected chi connectivity index (χ4v) is 1.86. The third-order valence-electron chi connectivity index (χ3n) is 2.71. The Morgan fingerprint density at radius 1 is 1.61 bits per heavy atom. The summed E-state index contributed by atoms with van der Waals surface area (Å²) in [6.45, 7) is 2.62. The number of rotatable bonds is 6. The molecule has 0 aromatic carbocycles. The summed E-state index contributed by atoms with van der Waals surface area (Å²) in [5.74, 6) is -0.941. The molecule has 1 atom stereocenters. The van der Waals surface area contributed by atoms with E-state index in [4.69, 9.17) is 9.84 Å². The van der Waals surface area contributed by atoms with Gasteiger partial charge in [-0.2, -0.15) is 11.8 Å². The first-order chi connectivity index (χ1) is 8.49. The molecule has 0 aliphatic carbocycles. The zero-order valence-corrected chi connectivity index (χ0v) is 11.5. The summed E-state index contributed by atoms with van der Waals surface area (Å²) < 4.78 is 6.47. The molecule has 0 radical (unpaired) electrons. The molecule has 1 unspecified atom stereocenters. The standard InChI is InChI=1S/C12H17NO4S/c1-8(18-3)4-5-13-7-11(17-2)10(14)6-9(13)12(15)16/h6-8H,4-5H2,1-3H3,(H,15,16). The van der Waals surface area contributed by atoms with Crippen LogP contribution in [0.25, 0.3) is 0 Å². The first-order valence-corrected chi connectivity index (χ1v) is 6.83. The molecular formula is C12H17NO4S. The van der Waals surface area contributed by atoms with E-state index in [1.807, 2.05) is 6.26 Å². The van der Waals surface area contributed by atoms with Gasteiger partial charge in [-0.1, -0.05) is 6.92 Å². The van der Waals surface area contributed by atoms with Crippen LogP contribution in [0.3, 0.4) is 0 Å². The van der Waals surface area contributed by atoms with Crippen molar-refractivity contribution >= 4 is 17.7 Å². The van der Waals surface area contributed by atoms with Gasteiger partial charge in [-0.15, -0.1) is 0 Å². The number of carbonyl (C=O) groups is 1. The zero-order valence-electron chi connectivity index (χ0n) is 10.7. The Morgan fingerprint density at radius 2 is 2.28 bits per heavy atom. The lowest BCUT2D eigenvalue weighted by Crippen LogP contribution is -2.19. The molecule has 0 spiro atoms. The van der Waals surface area contributed by atoms with Gasteiger partial charge in [0.15, 0.2) is 5.75 Å². The van der Waals surface area contributed by atoms with Gasteiger partial charge >= 0.3 is 5.97 Å². The third kappa shape index (κ3) is 3.53. The number of thioether (sulfide) groups is 1. The van der Waals surface area contributed by atoms with Crippen molar-refractivity contribution in [3.8, 4) is 5.75 Å². The number of nitrogens with zero attached hydrogens (tertiary/aromatic N) is 1. The van der Waals surface area contributed by atoms with Gasteiger partial charge in [0, 0.05) is 17.9 Å². The first-order valence-electron chi connectivity index (χ1n) is 5.54. The first kappa shape index (κ1) is 14.6. The lowest BCUT2D eigenvalue weighted by molar-refractivity contribution is 0.0683. The lowest BCUT2D eigenvalue weighted by Gasteiger charge is -2.14. The van der Waals surface area contributed by atoms with Crippen LogP contribution in [-0.4, -0.2) is 34.3 Å². The topological polar surface area (TPSA) is 68.5 Å². The third-order valence-corrected chi connectivity index (χ3v) is 3.75. The number of aromatic carboxylic acids is 1. The summed E-state index contributed by atoms with van der Waals surface area (Å²) >= 11 is 1.72. The minimum absolute atomic E-state index is 0.00546. The number of carboxylic acid groups (broad SMARTS) is 1. The number of methoxy groups -OCH3 is 1. The SMILES string of the molecule is COc1cn(CCC(C)SC)c(C(=O)O)cc1=O. The number of aryl methyl sites for hydroxylation is 1. The molecule has 0 saturated heterocycles. The zero-order chi connectivity index (χ0) is 13.7. The number of hydrogen-bond acceptors (Lipinski definition) is 4. The van der Waals surface area contributed by atoms with Crippen molar-refractivity contribution in [2.45, 2.75) is 25.1 Å². The number of ether oxygens (including phenoxy) is 1.